The maximum absolute atomic E-state index is 12.1. The molecule has 4 nitrogen and oxygen atoms in total. The van der Waals surface area contributed by atoms with Crippen LogP contribution in [0.2, 0.25) is 0 Å². The fourth-order valence-electron chi connectivity index (χ4n) is 1.84. The van der Waals surface area contributed by atoms with Gasteiger partial charge in [0.05, 0.1) is 19.2 Å². The van der Waals surface area contributed by atoms with Crippen LogP contribution in [0.4, 0.5) is 0 Å². The molecule has 0 spiro atoms. The number of aryl methyl sites for hydroxylation is 1. The van der Waals surface area contributed by atoms with E-state index in [9.17, 15) is 4.79 Å². The van der Waals surface area contributed by atoms with Crippen LogP contribution >= 0.6 is 49.9 Å². The molecule has 0 amide bonds. The summed E-state index contributed by atoms with van der Waals surface area (Å²) < 4.78 is 9.61. The molecule has 0 fully saturated rings. The van der Waals surface area contributed by atoms with Crippen LogP contribution in [0.5, 0.6) is 0 Å². The zero-order chi connectivity index (χ0) is 14.0. The van der Waals surface area contributed by atoms with Gasteiger partial charge in [-0.05, 0) is 29.0 Å². The van der Waals surface area contributed by atoms with Crippen molar-refractivity contribution in [1.29, 1.82) is 0 Å². The van der Waals surface area contributed by atoms with Crippen molar-refractivity contribution in [3.05, 3.63) is 32.0 Å². The van der Waals surface area contributed by atoms with E-state index in [-0.39, 0.29) is 5.56 Å². The molecular weight excluding hydrogens is 443 g/mol. The summed E-state index contributed by atoms with van der Waals surface area (Å²) in [5.74, 6) is 0. The Morgan fingerprint density at radius 2 is 2.32 bits per heavy atom. The van der Waals surface area contributed by atoms with E-state index in [2.05, 4.69) is 43.4 Å². The average Bonchev–Trinajstić information content (AvgIpc) is 2.78. The Morgan fingerprint density at radius 3 is 3.00 bits per heavy atom. The maximum Gasteiger partial charge on any atom is 0.259 e. The Balaban J connectivity index is 2.29. The second-order valence-corrected chi connectivity index (χ2v) is 6.92. The minimum absolute atomic E-state index is 0.0480. The van der Waals surface area contributed by atoms with Gasteiger partial charge in [0.2, 0.25) is 0 Å². The van der Waals surface area contributed by atoms with Gasteiger partial charge >= 0.3 is 0 Å². The topological polar surface area (TPSA) is 34.5 Å². The van der Waals surface area contributed by atoms with Crippen LogP contribution in [0.15, 0.2) is 21.5 Å². The lowest BCUT2D eigenvalue weighted by molar-refractivity contribution is 0.0732. The van der Waals surface area contributed by atoms with E-state index in [1.54, 1.807) is 23.0 Å². The van der Waals surface area contributed by atoms with E-state index in [1.807, 2.05) is 19.3 Å². The normalized spacial score (nSPS) is 11.6. The van der Waals surface area contributed by atoms with E-state index in [1.165, 1.54) is 4.88 Å². The second-order valence-electron chi connectivity index (χ2n) is 4.31. The molecule has 2 aromatic heterocycles. The van der Waals surface area contributed by atoms with Crippen LogP contribution in [-0.2, 0) is 18.3 Å². The largest absolute Gasteiger partial charge is 0.356 e. The van der Waals surface area contributed by atoms with Crippen molar-refractivity contribution in [2.75, 3.05) is 18.4 Å². The predicted molar refractivity (Wildman–Crippen MR) is 91.1 cm³/mol. The average molecular weight is 457 g/mol. The highest BCUT2D eigenvalue weighted by Crippen LogP contribution is 2.30. The summed E-state index contributed by atoms with van der Waals surface area (Å²) in [6.45, 7) is 1.38. The molecule has 0 atom stereocenters. The minimum Gasteiger partial charge on any atom is -0.356 e. The lowest BCUT2D eigenvalue weighted by Crippen LogP contribution is -2.20. The number of fused-ring (bicyclic) bond motifs is 1. The molecule has 2 rings (SSSR count). The molecule has 0 aromatic carbocycles. The first kappa shape index (κ1) is 15.4. The Labute approximate surface area is 137 Å². The number of hydrogen-bond donors (Lipinski definition) is 0. The smallest absolute Gasteiger partial charge is 0.259 e. The SMILES string of the molecule is CN(COCI)Cc1cc2c(=O)n(C)cc(Br)c2s1. The van der Waals surface area contributed by atoms with Gasteiger partial charge in [0.15, 0.2) is 0 Å². The first-order valence-corrected chi connectivity index (χ1v) is 8.76. The van der Waals surface area contributed by atoms with Crippen molar-refractivity contribution in [3.8, 4) is 0 Å². The van der Waals surface area contributed by atoms with Crippen LogP contribution in [0.3, 0.4) is 0 Å². The van der Waals surface area contributed by atoms with E-state index < -0.39 is 0 Å². The molecular formula is C12H14BrIN2O2S. The Morgan fingerprint density at radius 1 is 1.58 bits per heavy atom. The first-order chi connectivity index (χ1) is 9.02. The van der Waals surface area contributed by atoms with Gasteiger partial charge in [-0.3, -0.25) is 9.69 Å². The lowest BCUT2D eigenvalue weighted by atomic mass is 10.3. The van der Waals surface area contributed by atoms with Crippen molar-refractivity contribution < 1.29 is 4.74 Å². The van der Waals surface area contributed by atoms with Gasteiger partial charge in [-0.1, -0.05) is 22.6 Å². The third kappa shape index (κ3) is 3.57. The Hall–Kier alpha value is 0.0400. The van der Waals surface area contributed by atoms with Crippen molar-refractivity contribution >= 4 is 59.9 Å². The number of pyridine rings is 1. The van der Waals surface area contributed by atoms with Crippen molar-refractivity contribution in [2.45, 2.75) is 6.54 Å². The molecule has 19 heavy (non-hydrogen) atoms. The van der Waals surface area contributed by atoms with Gasteiger partial charge < -0.3 is 9.30 Å². The van der Waals surface area contributed by atoms with Gasteiger partial charge in [-0.2, -0.15) is 0 Å². The molecule has 0 bridgehead atoms. The molecule has 0 aliphatic carbocycles. The summed E-state index contributed by atoms with van der Waals surface area (Å²) in [6, 6.07) is 1.98. The van der Waals surface area contributed by atoms with Gasteiger partial charge in [0, 0.05) is 24.7 Å². The van der Waals surface area contributed by atoms with Gasteiger partial charge in [0.25, 0.3) is 5.56 Å². The van der Waals surface area contributed by atoms with Crippen LogP contribution in [-0.4, -0.2) is 27.9 Å². The molecule has 2 aromatic rings. The molecule has 0 N–H and O–H groups in total. The molecule has 104 valence electrons. The Kier molecular flexibility index (Phi) is 5.41. The summed E-state index contributed by atoms with van der Waals surface area (Å²) in [4.78, 5) is 15.3. The summed E-state index contributed by atoms with van der Waals surface area (Å²) in [5, 5.41) is 0.778. The minimum atomic E-state index is 0.0480. The number of nitrogens with zero attached hydrogens (tertiary/aromatic N) is 2. The van der Waals surface area contributed by atoms with E-state index >= 15 is 0 Å². The standard InChI is InChI=1S/C12H14BrIN2O2S/c1-15(7-18-6-14)4-8-3-9-11(19-8)10(13)5-16(2)12(9)17/h3,5H,4,6-7H2,1-2H3. The number of ether oxygens (including phenoxy) is 1. The number of halogens is 2. The number of rotatable bonds is 5. The maximum atomic E-state index is 12.1. The van der Waals surface area contributed by atoms with E-state index in [0.29, 0.717) is 11.3 Å². The van der Waals surface area contributed by atoms with Gasteiger partial charge in [-0.25, -0.2) is 0 Å². The highest BCUT2D eigenvalue weighted by atomic mass is 127. The van der Waals surface area contributed by atoms with Gasteiger partial charge in [0.1, 0.15) is 6.73 Å². The highest BCUT2D eigenvalue weighted by molar-refractivity contribution is 14.1. The molecule has 0 saturated carbocycles. The fraction of sp³-hybridized carbons (Fsp3) is 0.417. The van der Waals surface area contributed by atoms with Crippen LogP contribution in [0, 0.1) is 0 Å². The fourth-order valence-corrected chi connectivity index (χ4v) is 3.93. The van der Waals surface area contributed by atoms with E-state index in [0.717, 1.165) is 21.1 Å². The van der Waals surface area contributed by atoms with Crippen molar-refractivity contribution in [2.24, 2.45) is 7.05 Å². The zero-order valence-corrected chi connectivity index (χ0v) is 15.2. The predicted octanol–water partition coefficient (Wildman–Crippen LogP) is 3.16. The van der Waals surface area contributed by atoms with Crippen molar-refractivity contribution in [3.63, 3.8) is 0 Å². The molecule has 7 heteroatoms. The monoisotopic (exact) mass is 456 g/mol. The summed E-state index contributed by atoms with van der Waals surface area (Å²) in [7, 11) is 3.77. The highest BCUT2D eigenvalue weighted by Gasteiger charge is 2.11. The first-order valence-electron chi connectivity index (χ1n) is 5.62. The zero-order valence-electron chi connectivity index (χ0n) is 10.7. The summed E-state index contributed by atoms with van der Waals surface area (Å²) in [6.07, 6.45) is 1.81. The number of aromatic nitrogens is 1. The second kappa shape index (κ2) is 6.66. The number of alkyl halides is 1. The molecule has 0 aliphatic heterocycles. The third-order valence-corrected chi connectivity index (χ3v) is 5.13. The molecule has 0 saturated heterocycles. The molecule has 0 aliphatic rings. The molecule has 0 radical (unpaired) electrons. The summed E-state index contributed by atoms with van der Waals surface area (Å²) in [5.41, 5.74) is 0.0480. The lowest BCUT2D eigenvalue weighted by Gasteiger charge is -2.14. The Bertz CT molecular complexity index is 640. The van der Waals surface area contributed by atoms with Gasteiger partial charge in [-0.15, -0.1) is 11.3 Å². The summed E-state index contributed by atoms with van der Waals surface area (Å²) >= 11 is 7.34. The number of hydrogen-bond acceptors (Lipinski definition) is 4. The van der Waals surface area contributed by atoms with Crippen molar-refractivity contribution in [1.82, 2.24) is 9.47 Å². The number of thiophene rings is 1. The van der Waals surface area contributed by atoms with Crippen LogP contribution in [0.25, 0.3) is 10.1 Å². The van der Waals surface area contributed by atoms with E-state index in [4.69, 9.17) is 4.74 Å². The molecule has 0 unspecified atom stereocenters. The third-order valence-electron chi connectivity index (χ3n) is 2.67. The quantitative estimate of drug-likeness (QED) is 0.393. The molecule has 2 heterocycles. The van der Waals surface area contributed by atoms with Crippen LogP contribution in [0.1, 0.15) is 4.88 Å². The van der Waals surface area contributed by atoms with Crippen LogP contribution < -0.4 is 5.56 Å².